The number of aryl methyl sites for hydroxylation is 1. The van der Waals surface area contributed by atoms with E-state index in [4.69, 9.17) is 9.47 Å². The van der Waals surface area contributed by atoms with Gasteiger partial charge in [-0.05, 0) is 54.3 Å². The average molecular weight is 497 g/mol. The quantitative estimate of drug-likeness (QED) is 0.339. The van der Waals surface area contributed by atoms with Crippen LogP contribution in [0.2, 0.25) is 0 Å². The molecule has 0 aromatic heterocycles. The normalized spacial score (nSPS) is 20.4. The van der Waals surface area contributed by atoms with Gasteiger partial charge in [-0.15, -0.1) is 0 Å². The van der Waals surface area contributed by atoms with E-state index in [2.05, 4.69) is 18.7 Å². The molecular formula is C28H33FN2O5. The Hall–Kier alpha value is -3.23. The lowest BCUT2D eigenvalue weighted by molar-refractivity contribution is -0.140. The molecule has 2 aliphatic heterocycles. The fraction of sp³-hybridized carbons (Fsp3) is 0.429. The zero-order valence-corrected chi connectivity index (χ0v) is 21.0. The molecule has 2 saturated heterocycles. The molecule has 1 amide bonds. The Bertz CT molecular complexity index is 1140. The number of morpholine rings is 1. The zero-order chi connectivity index (χ0) is 25.8. The van der Waals surface area contributed by atoms with Crippen molar-refractivity contribution in [3.63, 3.8) is 0 Å². The van der Waals surface area contributed by atoms with Crippen LogP contribution >= 0.6 is 0 Å². The van der Waals surface area contributed by atoms with Gasteiger partial charge in [0.15, 0.2) is 0 Å². The van der Waals surface area contributed by atoms with E-state index in [9.17, 15) is 19.1 Å². The Kier molecular flexibility index (Phi) is 8.06. The summed E-state index contributed by atoms with van der Waals surface area (Å²) in [4.78, 5) is 30.0. The summed E-state index contributed by atoms with van der Waals surface area (Å²) in [5, 5.41) is 11.3. The van der Waals surface area contributed by atoms with E-state index in [0.717, 1.165) is 18.7 Å². The summed E-state index contributed by atoms with van der Waals surface area (Å²) in [5.41, 5.74) is 1.79. The Balaban J connectivity index is 1.69. The first-order valence-electron chi connectivity index (χ1n) is 12.3. The topological polar surface area (TPSA) is 79.3 Å². The van der Waals surface area contributed by atoms with Crippen LogP contribution in [0, 0.1) is 18.7 Å². The summed E-state index contributed by atoms with van der Waals surface area (Å²) in [7, 11) is 0. The van der Waals surface area contributed by atoms with Crippen molar-refractivity contribution in [2.45, 2.75) is 26.8 Å². The number of benzene rings is 2. The van der Waals surface area contributed by atoms with Crippen LogP contribution in [0.15, 0.2) is 48.0 Å². The van der Waals surface area contributed by atoms with E-state index in [0.29, 0.717) is 55.7 Å². The largest absolute Gasteiger partial charge is 0.507 e. The van der Waals surface area contributed by atoms with Gasteiger partial charge < -0.3 is 19.5 Å². The molecule has 2 aromatic carbocycles. The summed E-state index contributed by atoms with van der Waals surface area (Å²) in [6, 6.07) is 10.1. The average Bonchev–Trinajstić information content (AvgIpc) is 3.12. The van der Waals surface area contributed by atoms with Crippen molar-refractivity contribution in [2.24, 2.45) is 5.92 Å². The lowest BCUT2D eigenvalue weighted by Gasteiger charge is -2.31. The first-order chi connectivity index (χ1) is 17.3. The maximum absolute atomic E-state index is 13.7. The van der Waals surface area contributed by atoms with Crippen LogP contribution in [0.5, 0.6) is 5.75 Å². The van der Waals surface area contributed by atoms with Gasteiger partial charge in [-0.3, -0.25) is 14.5 Å². The minimum atomic E-state index is -0.816. The van der Waals surface area contributed by atoms with Crippen molar-refractivity contribution in [1.29, 1.82) is 0 Å². The summed E-state index contributed by atoms with van der Waals surface area (Å²) < 4.78 is 24.9. The van der Waals surface area contributed by atoms with Gasteiger partial charge in [-0.1, -0.05) is 26.0 Å². The summed E-state index contributed by atoms with van der Waals surface area (Å²) in [6.07, 6.45) is 0. The molecule has 2 aliphatic rings. The summed E-state index contributed by atoms with van der Waals surface area (Å²) >= 11 is 0. The number of carbonyl (C=O) groups excluding carboxylic acids is 2. The second kappa shape index (κ2) is 11.2. The Morgan fingerprint density at radius 3 is 2.44 bits per heavy atom. The van der Waals surface area contributed by atoms with Crippen LogP contribution in [0.4, 0.5) is 4.39 Å². The van der Waals surface area contributed by atoms with E-state index in [1.54, 1.807) is 30.3 Å². The lowest BCUT2D eigenvalue weighted by Crippen LogP contribution is -2.42. The highest BCUT2D eigenvalue weighted by atomic mass is 19.1. The third-order valence-electron chi connectivity index (χ3n) is 6.51. The molecule has 7 nitrogen and oxygen atoms in total. The number of aliphatic hydroxyl groups is 1. The molecule has 2 aromatic rings. The van der Waals surface area contributed by atoms with E-state index in [1.807, 2.05) is 6.92 Å². The van der Waals surface area contributed by atoms with Crippen LogP contribution in [0.25, 0.3) is 5.76 Å². The van der Waals surface area contributed by atoms with Gasteiger partial charge in [0.1, 0.15) is 17.3 Å². The monoisotopic (exact) mass is 496 g/mol. The van der Waals surface area contributed by atoms with Gasteiger partial charge in [0.2, 0.25) is 0 Å². The highest BCUT2D eigenvalue weighted by Gasteiger charge is 2.46. The SMILES string of the molecule is Cc1cc(C(O)=C2C(=O)C(=O)N(CCN3CCOCC3)[C@@H]2c2ccc(F)cc2)ccc1OCC(C)C. The number of hydrogen-bond acceptors (Lipinski definition) is 6. The number of amides is 1. The van der Waals surface area contributed by atoms with Gasteiger partial charge >= 0.3 is 0 Å². The van der Waals surface area contributed by atoms with Crippen LogP contribution in [0.3, 0.4) is 0 Å². The summed E-state index contributed by atoms with van der Waals surface area (Å²) in [6.45, 7) is 10.1. The molecule has 2 heterocycles. The van der Waals surface area contributed by atoms with Crippen molar-refractivity contribution in [1.82, 2.24) is 9.80 Å². The minimum absolute atomic E-state index is 0.00355. The number of aliphatic hydroxyl groups excluding tert-OH is 1. The van der Waals surface area contributed by atoms with Crippen molar-refractivity contribution in [3.05, 3.63) is 70.5 Å². The molecule has 0 spiro atoms. The molecule has 0 radical (unpaired) electrons. The van der Waals surface area contributed by atoms with Crippen molar-refractivity contribution in [3.8, 4) is 5.75 Å². The summed E-state index contributed by atoms with van der Waals surface area (Å²) in [5.74, 6) is -1.04. The second-order valence-electron chi connectivity index (χ2n) is 9.68. The number of hydrogen-bond donors (Lipinski definition) is 1. The van der Waals surface area contributed by atoms with Crippen molar-refractivity contribution >= 4 is 17.4 Å². The van der Waals surface area contributed by atoms with Crippen LogP contribution in [-0.4, -0.2) is 72.6 Å². The van der Waals surface area contributed by atoms with E-state index < -0.39 is 23.5 Å². The van der Waals surface area contributed by atoms with Crippen LogP contribution in [-0.2, 0) is 14.3 Å². The fourth-order valence-electron chi connectivity index (χ4n) is 4.55. The van der Waals surface area contributed by atoms with Crippen LogP contribution in [0.1, 0.15) is 36.6 Å². The zero-order valence-electron chi connectivity index (χ0n) is 21.0. The molecule has 0 saturated carbocycles. The number of carbonyl (C=O) groups is 2. The van der Waals surface area contributed by atoms with Gasteiger partial charge in [0.05, 0.1) is 31.4 Å². The number of likely N-dealkylation sites (tertiary alicyclic amines) is 1. The van der Waals surface area contributed by atoms with Crippen molar-refractivity contribution < 1.29 is 28.6 Å². The number of rotatable bonds is 8. The Labute approximate surface area is 211 Å². The molecule has 0 aliphatic carbocycles. The predicted octanol–water partition coefficient (Wildman–Crippen LogP) is 3.92. The molecule has 36 heavy (non-hydrogen) atoms. The molecule has 0 bridgehead atoms. The second-order valence-corrected chi connectivity index (χ2v) is 9.68. The smallest absolute Gasteiger partial charge is 0.295 e. The molecular weight excluding hydrogens is 463 g/mol. The third kappa shape index (κ3) is 5.60. The molecule has 0 unspecified atom stereocenters. The van der Waals surface area contributed by atoms with Gasteiger partial charge in [-0.25, -0.2) is 4.39 Å². The predicted molar refractivity (Wildman–Crippen MR) is 134 cm³/mol. The number of halogens is 1. The third-order valence-corrected chi connectivity index (χ3v) is 6.51. The number of ketones is 1. The van der Waals surface area contributed by atoms with E-state index >= 15 is 0 Å². The lowest BCUT2D eigenvalue weighted by atomic mass is 9.94. The Morgan fingerprint density at radius 1 is 1.11 bits per heavy atom. The molecule has 1 atom stereocenters. The van der Waals surface area contributed by atoms with E-state index in [1.165, 1.54) is 17.0 Å². The molecule has 8 heteroatoms. The number of nitrogens with zero attached hydrogens (tertiary/aromatic N) is 2. The minimum Gasteiger partial charge on any atom is -0.507 e. The first-order valence-corrected chi connectivity index (χ1v) is 12.3. The van der Waals surface area contributed by atoms with Crippen LogP contribution < -0.4 is 4.74 Å². The van der Waals surface area contributed by atoms with E-state index in [-0.39, 0.29) is 11.3 Å². The van der Waals surface area contributed by atoms with Gasteiger partial charge in [-0.2, -0.15) is 0 Å². The number of Topliss-reactive ketones (excluding diaryl/α,β-unsaturated/α-hetero) is 1. The molecule has 2 fully saturated rings. The number of ether oxygens (including phenoxy) is 2. The van der Waals surface area contributed by atoms with Gasteiger partial charge in [0.25, 0.3) is 11.7 Å². The van der Waals surface area contributed by atoms with Crippen molar-refractivity contribution in [2.75, 3.05) is 46.0 Å². The maximum atomic E-state index is 13.7. The highest BCUT2D eigenvalue weighted by Crippen LogP contribution is 2.39. The molecule has 1 N–H and O–H groups in total. The highest BCUT2D eigenvalue weighted by molar-refractivity contribution is 6.46. The maximum Gasteiger partial charge on any atom is 0.295 e. The fourth-order valence-corrected chi connectivity index (χ4v) is 4.55. The Morgan fingerprint density at radius 2 is 1.81 bits per heavy atom. The standard InChI is InChI=1S/C28H33FN2O5/c1-18(2)17-36-23-9-6-21(16-19(23)3)26(32)24-25(20-4-7-22(29)8-5-20)31(28(34)27(24)33)11-10-30-12-14-35-15-13-30/h4-9,16,18,25,32H,10-15,17H2,1-3H3/t25-/m1/s1. The molecule has 192 valence electrons. The first kappa shape index (κ1) is 25.9. The molecule has 4 rings (SSSR count). The van der Waals surface area contributed by atoms with Gasteiger partial charge in [0, 0.05) is 31.7 Å².